The zero-order chi connectivity index (χ0) is 29.9. The van der Waals surface area contributed by atoms with Gasteiger partial charge in [-0.2, -0.15) is 9.36 Å². The number of aromatic carboxylic acids is 1. The van der Waals surface area contributed by atoms with Crippen molar-refractivity contribution in [3.05, 3.63) is 40.9 Å². The molecule has 0 bridgehead atoms. The number of carboxylic acids is 2. The van der Waals surface area contributed by atoms with Crippen molar-refractivity contribution in [3.8, 4) is 0 Å². The molecule has 19 heteroatoms. The summed E-state index contributed by atoms with van der Waals surface area (Å²) in [5, 5.41) is 29.9. The average Bonchev–Trinajstić information content (AvgIpc) is 3.55. The first-order chi connectivity index (χ1) is 19.3. The fourth-order valence-corrected chi connectivity index (χ4v) is 6.54. The van der Waals surface area contributed by atoms with Crippen LogP contribution in [-0.4, -0.2) is 91.8 Å². The Kier molecular flexibility index (Phi) is 6.65. The normalized spacial score (nSPS) is 22.4. The minimum Gasteiger partial charge on any atom is -0.477 e. The molecule has 1 saturated heterocycles. The Balaban J connectivity index is 1.49. The summed E-state index contributed by atoms with van der Waals surface area (Å²) in [5.74, 6) is -4.27. The van der Waals surface area contributed by atoms with E-state index < -0.39 is 40.0 Å². The Labute approximate surface area is 238 Å². The van der Waals surface area contributed by atoms with Crippen LogP contribution in [0.5, 0.6) is 0 Å². The largest absolute Gasteiger partial charge is 0.477 e. The third kappa shape index (κ3) is 4.24. The number of nitrogens with two attached hydrogens (primary N) is 1. The number of carbonyl (C=O) groups excluding carboxylic acids is 2. The standard InChI is InChI=1S/C22H22N10O7S2/c1-9-5-6-31-20(25-14(27-31)17(36)37)30(9)7-10-8-40-22(3)21(2,18(38)32(22)12(10)16(34)35)26-15(33)11(28-39-4)13-24-19(23)41-29-13/h5-6H,7-8H2,1-4H3,(H4-,23,24,26,29,33,34,35,36,37)/p+1/b28-11-/t21-,22-/m1/s1. The molecular formula is C22H23N10O7S2+. The number of hydrogen-bond acceptors (Lipinski definition) is 13. The highest BCUT2D eigenvalue weighted by Gasteiger charge is 2.71. The average molecular weight is 604 g/mol. The van der Waals surface area contributed by atoms with E-state index in [-0.39, 0.29) is 40.4 Å². The number of nitrogen functional groups attached to an aromatic ring is 1. The van der Waals surface area contributed by atoms with Crippen LogP contribution < -0.4 is 15.6 Å². The molecule has 5 rings (SSSR count). The summed E-state index contributed by atoms with van der Waals surface area (Å²) in [6, 6.07) is 1.68. The number of nitrogens with zero attached hydrogens (tertiary/aromatic N) is 8. The Bertz CT molecular complexity index is 1720. The zero-order valence-corrected chi connectivity index (χ0v) is 23.6. The molecule has 17 nitrogen and oxygen atoms in total. The minimum absolute atomic E-state index is 0.00689. The van der Waals surface area contributed by atoms with Gasteiger partial charge in [0.25, 0.3) is 11.8 Å². The van der Waals surface area contributed by atoms with Crippen molar-refractivity contribution in [3.63, 3.8) is 0 Å². The van der Waals surface area contributed by atoms with Gasteiger partial charge in [-0.1, -0.05) is 10.3 Å². The maximum absolute atomic E-state index is 13.6. The van der Waals surface area contributed by atoms with Gasteiger partial charge in [0.2, 0.25) is 11.5 Å². The molecule has 214 valence electrons. The van der Waals surface area contributed by atoms with Gasteiger partial charge in [-0.05, 0) is 25.8 Å². The number of rotatable bonds is 8. The van der Waals surface area contributed by atoms with Crippen molar-refractivity contribution in [2.24, 2.45) is 5.16 Å². The van der Waals surface area contributed by atoms with Crippen LogP contribution in [0.25, 0.3) is 5.78 Å². The topological polar surface area (TPSA) is 231 Å². The van der Waals surface area contributed by atoms with Gasteiger partial charge >= 0.3 is 23.5 Å². The maximum atomic E-state index is 13.6. The Morgan fingerprint density at radius 3 is 2.59 bits per heavy atom. The molecule has 2 amide bonds. The second-order valence-corrected chi connectivity index (χ2v) is 11.5. The van der Waals surface area contributed by atoms with Crippen LogP contribution in [0.3, 0.4) is 0 Å². The number of oxime groups is 1. The Hall–Kier alpha value is -4.65. The summed E-state index contributed by atoms with van der Waals surface area (Å²) < 4.78 is 6.87. The van der Waals surface area contributed by atoms with Gasteiger partial charge in [0.1, 0.15) is 23.2 Å². The summed E-state index contributed by atoms with van der Waals surface area (Å²) in [4.78, 5) is 63.6. The molecule has 0 saturated carbocycles. The molecule has 5 heterocycles. The summed E-state index contributed by atoms with van der Waals surface area (Å²) in [7, 11) is 1.23. The first kappa shape index (κ1) is 27.9. The number of fused-ring (bicyclic) bond motifs is 2. The lowest BCUT2D eigenvalue weighted by Gasteiger charge is -2.63. The molecule has 0 radical (unpaired) electrons. The van der Waals surface area contributed by atoms with Crippen molar-refractivity contribution >= 4 is 63.7 Å². The molecule has 2 aliphatic heterocycles. The van der Waals surface area contributed by atoms with E-state index in [1.807, 2.05) is 0 Å². The first-order valence-electron chi connectivity index (χ1n) is 11.8. The molecule has 1 fully saturated rings. The van der Waals surface area contributed by atoms with E-state index in [1.165, 1.54) is 30.3 Å². The highest BCUT2D eigenvalue weighted by Crippen LogP contribution is 2.54. The van der Waals surface area contributed by atoms with Gasteiger partial charge in [-0.25, -0.2) is 14.2 Å². The van der Waals surface area contributed by atoms with Gasteiger partial charge in [-0.3, -0.25) is 14.5 Å². The molecule has 5 N–H and O–H groups in total. The molecule has 41 heavy (non-hydrogen) atoms. The highest BCUT2D eigenvalue weighted by atomic mass is 32.2. The van der Waals surface area contributed by atoms with Crippen LogP contribution in [0.2, 0.25) is 0 Å². The van der Waals surface area contributed by atoms with E-state index in [0.29, 0.717) is 11.3 Å². The number of anilines is 1. The van der Waals surface area contributed by atoms with Crippen LogP contribution in [-0.2, 0) is 25.8 Å². The lowest BCUT2D eigenvalue weighted by atomic mass is 9.79. The third-order valence-corrected chi connectivity index (χ3v) is 9.15. The van der Waals surface area contributed by atoms with E-state index in [2.05, 4.69) is 29.9 Å². The summed E-state index contributed by atoms with van der Waals surface area (Å²) >= 11 is 2.11. The van der Waals surface area contributed by atoms with E-state index in [1.54, 1.807) is 30.7 Å². The number of carboxylic acid groups (broad SMARTS) is 2. The lowest BCUT2D eigenvalue weighted by Crippen LogP contribution is -2.85. The van der Waals surface area contributed by atoms with E-state index >= 15 is 0 Å². The van der Waals surface area contributed by atoms with Crippen molar-refractivity contribution in [2.45, 2.75) is 37.7 Å². The predicted octanol–water partition coefficient (Wildman–Crippen LogP) is -0.973. The Morgan fingerprint density at radius 1 is 1.24 bits per heavy atom. The molecule has 0 unspecified atom stereocenters. The number of hydrogen-bond donors (Lipinski definition) is 4. The number of thioether (sulfide) groups is 1. The van der Waals surface area contributed by atoms with E-state index in [0.717, 1.165) is 16.4 Å². The predicted molar refractivity (Wildman–Crippen MR) is 142 cm³/mol. The lowest BCUT2D eigenvalue weighted by molar-refractivity contribution is -0.674. The molecule has 3 aromatic rings. The summed E-state index contributed by atoms with van der Waals surface area (Å²) in [6.45, 7) is 4.90. The number of nitrogens with one attached hydrogen (secondary N) is 1. The van der Waals surface area contributed by atoms with Crippen molar-refractivity contribution < 1.29 is 38.8 Å². The zero-order valence-electron chi connectivity index (χ0n) is 22.0. The third-order valence-electron chi connectivity index (χ3n) is 6.97. The fraction of sp³-hybridized carbons (Fsp3) is 0.364. The molecule has 0 aromatic carbocycles. The quantitative estimate of drug-likeness (QED) is 0.105. The van der Waals surface area contributed by atoms with Crippen LogP contribution in [0.4, 0.5) is 5.13 Å². The van der Waals surface area contributed by atoms with Gasteiger partial charge in [0.15, 0.2) is 5.13 Å². The van der Waals surface area contributed by atoms with Gasteiger partial charge in [0.05, 0.1) is 18.4 Å². The van der Waals surface area contributed by atoms with Crippen molar-refractivity contribution in [2.75, 3.05) is 18.6 Å². The fourth-order valence-electron chi connectivity index (χ4n) is 4.70. The van der Waals surface area contributed by atoms with Gasteiger partial charge in [-0.15, -0.1) is 16.3 Å². The maximum Gasteiger partial charge on any atom is 0.425 e. The van der Waals surface area contributed by atoms with Crippen LogP contribution in [0.15, 0.2) is 28.7 Å². The number of aliphatic carboxylic acids is 1. The Morgan fingerprint density at radius 2 is 1.98 bits per heavy atom. The van der Waals surface area contributed by atoms with Gasteiger partial charge in [0, 0.05) is 28.9 Å². The SMILES string of the molecule is CO/N=C(\C(=O)N[C@]1(C)C(=O)N2C(C(=O)O)=C(C[n+]3c(C)ccn4nc(C(=O)O)nc43)CS[C@@]21C)c1nsc(N)n1. The van der Waals surface area contributed by atoms with E-state index in [9.17, 15) is 29.4 Å². The van der Waals surface area contributed by atoms with Crippen LogP contribution >= 0.6 is 23.3 Å². The van der Waals surface area contributed by atoms with Crippen LogP contribution in [0, 0.1) is 6.92 Å². The number of aryl methyl sites for hydroxylation is 1. The number of β-lactam (4-membered cyclic amide) rings is 1. The molecule has 2 aliphatic rings. The highest BCUT2D eigenvalue weighted by molar-refractivity contribution is 8.01. The molecule has 0 spiro atoms. The summed E-state index contributed by atoms with van der Waals surface area (Å²) in [5.41, 5.74) is 4.59. The smallest absolute Gasteiger partial charge is 0.425 e. The molecule has 2 atom stereocenters. The summed E-state index contributed by atoms with van der Waals surface area (Å²) in [6.07, 6.45) is 1.55. The molecule has 0 aliphatic carbocycles. The van der Waals surface area contributed by atoms with E-state index in [4.69, 9.17) is 10.6 Å². The second-order valence-electron chi connectivity index (χ2n) is 9.36. The van der Waals surface area contributed by atoms with Crippen molar-refractivity contribution in [1.82, 2.24) is 34.2 Å². The second kappa shape index (κ2) is 9.77. The van der Waals surface area contributed by atoms with Crippen LogP contribution in [0.1, 0.15) is 36.0 Å². The first-order valence-corrected chi connectivity index (χ1v) is 13.5. The number of aromatic nitrogens is 6. The minimum atomic E-state index is -1.54. The molecule has 3 aromatic heterocycles. The number of amides is 2. The van der Waals surface area contributed by atoms with Gasteiger partial charge < -0.3 is 26.1 Å². The number of carbonyl (C=O) groups is 4. The molecular weight excluding hydrogens is 580 g/mol. The monoisotopic (exact) mass is 603 g/mol. The van der Waals surface area contributed by atoms with Crippen molar-refractivity contribution in [1.29, 1.82) is 0 Å².